The van der Waals surface area contributed by atoms with E-state index in [1.165, 1.54) is 6.07 Å². The summed E-state index contributed by atoms with van der Waals surface area (Å²) in [4.78, 5) is 0. The predicted molar refractivity (Wildman–Crippen MR) is 54.1 cm³/mol. The molecule has 0 aliphatic heterocycles. The maximum absolute atomic E-state index is 13.1. The van der Waals surface area contributed by atoms with Gasteiger partial charge >= 0.3 is 0 Å². The summed E-state index contributed by atoms with van der Waals surface area (Å²) >= 11 is 3.27. The standard InChI is InChI=1S/C10H12BrFO/c1-7(13)2-3-8-6-9(11)4-5-10(8)12/h4-7,13H,2-3H2,1H3/t7-/m1/s1. The monoisotopic (exact) mass is 246 g/mol. The van der Waals surface area contributed by atoms with Gasteiger partial charge in [-0.1, -0.05) is 15.9 Å². The fourth-order valence-electron chi connectivity index (χ4n) is 1.10. The van der Waals surface area contributed by atoms with Gasteiger partial charge < -0.3 is 5.11 Å². The zero-order valence-corrected chi connectivity index (χ0v) is 9.01. The van der Waals surface area contributed by atoms with Crippen LogP contribution >= 0.6 is 15.9 Å². The van der Waals surface area contributed by atoms with Crippen molar-refractivity contribution < 1.29 is 9.50 Å². The normalized spacial score (nSPS) is 12.9. The van der Waals surface area contributed by atoms with Gasteiger partial charge in [-0.3, -0.25) is 0 Å². The largest absolute Gasteiger partial charge is 0.393 e. The van der Waals surface area contributed by atoms with E-state index in [4.69, 9.17) is 5.11 Å². The molecule has 1 nitrogen and oxygen atoms in total. The van der Waals surface area contributed by atoms with Gasteiger partial charge in [0.15, 0.2) is 0 Å². The van der Waals surface area contributed by atoms with Crippen LogP contribution in [-0.4, -0.2) is 11.2 Å². The van der Waals surface area contributed by atoms with Crippen molar-refractivity contribution in [2.75, 3.05) is 0 Å². The first-order valence-electron chi connectivity index (χ1n) is 4.21. The summed E-state index contributed by atoms with van der Waals surface area (Å²) in [6.07, 6.45) is 0.787. The van der Waals surface area contributed by atoms with Gasteiger partial charge in [0.2, 0.25) is 0 Å². The SMILES string of the molecule is C[C@@H](O)CCc1cc(Br)ccc1F. The Balaban J connectivity index is 2.70. The number of rotatable bonds is 3. The van der Waals surface area contributed by atoms with E-state index < -0.39 is 0 Å². The molecule has 72 valence electrons. The van der Waals surface area contributed by atoms with E-state index in [1.54, 1.807) is 19.1 Å². The second-order valence-corrected chi connectivity index (χ2v) is 4.04. The van der Waals surface area contributed by atoms with Gasteiger partial charge in [-0.2, -0.15) is 0 Å². The van der Waals surface area contributed by atoms with Crippen molar-refractivity contribution in [1.29, 1.82) is 0 Å². The van der Waals surface area contributed by atoms with Crippen molar-refractivity contribution in [3.8, 4) is 0 Å². The van der Waals surface area contributed by atoms with Crippen LogP contribution in [0.3, 0.4) is 0 Å². The molecule has 0 aromatic heterocycles. The maximum Gasteiger partial charge on any atom is 0.126 e. The van der Waals surface area contributed by atoms with Crippen LogP contribution in [0.2, 0.25) is 0 Å². The molecule has 0 amide bonds. The Hall–Kier alpha value is -0.410. The average molecular weight is 247 g/mol. The van der Waals surface area contributed by atoms with Crippen LogP contribution in [0.1, 0.15) is 18.9 Å². The number of benzene rings is 1. The van der Waals surface area contributed by atoms with E-state index in [-0.39, 0.29) is 11.9 Å². The molecule has 1 rings (SSSR count). The summed E-state index contributed by atoms with van der Waals surface area (Å²) in [6, 6.07) is 4.85. The molecule has 0 heterocycles. The highest BCUT2D eigenvalue weighted by atomic mass is 79.9. The quantitative estimate of drug-likeness (QED) is 0.870. The van der Waals surface area contributed by atoms with Crippen LogP contribution in [0.15, 0.2) is 22.7 Å². The van der Waals surface area contributed by atoms with Crippen molar-refractivity contribution in [2.24, 2.45) is 0 Å². The van der Waals surface area contributed by atoms with E-state index in [2.05, 4.69) is 15.9 Å². The molecular weight excluding hydrogens is 235 g/mol. The van der Waals surface area contributed by atoms with Crippen LogP contribution in [-0.2, 0) is 6.42 Å². The first-order chi connectivity index (χ1) is 6.09. The third-order valence-corrected chi connectivity index (χ3v) is 2.33. The Labute approximate surface area is 85.7 Å². The van der Waals surface area contributed by atoms with Crippen molar-refractivity contribution >= 4 is 15.9 Å². The van der Waals surface area contributed by atoms with Crippen molar-refractivity contribution in [3.63, 3.8) is 0 Å². The molecule has 0 radical (unpaired) electrons. The Morgan fingerprint density at radius 1 is 1.54 bits per heavy atom. The van der Waals surface area contributed by atoms with Gasteiger partial charge in [0, 0.05) is 4.47 Å². The fraction of sp³-hybridized carbons (Fsp3) is 0.400. The highest BCUT2D eigenvalue weighted by Crippen LogP contribution is 2.17. The van der Waals surface area contributed by atoms with E-state index in [1.807, 2.05) is 0 Å². The average Bonchev–Trinajstić information content (AvgIpc) is 2.06. The highest BCUT2D eigenvalue weighted by molar-refractivity contribution is 9.10. The Morgan fingerprint density at radius 3 is 2.85 bits per heavy atom. The van der Waals surface area contributed by atoms with E-state index in [0.717, 1.165) is 4.47 Å². The molecule has 0 saturated heterocycles. The van der Waals surface area contributed by atoms with Gasteiger partial charge in [0.1, 0.15) is 5.82 Å². The summed E-state index contributed by atoms with van der Waals surface area (Å²) in [7, 11) is 0. The molecule has 0 aliphatic rings. The van der Waals surface area contributed by atoms with Gasteiger partial charge in [-0.25, -0.2) is 4.39 Å². The molecule has 0 bridgehead atoms. The molecule has 0 unspecified atom stereocenters. The molecule has 1 N–H and O–H groups in total. The first kappa shape index (κ1) is 10.7. The zero-order valence-electron chi connectivity index (χ0n) is 7.43. The lowest BCUT2D eigenvalue weighted by molar-refractivity contribution is 0.184. The number of halogens is 2. The van der Waals surface area contributed by atoms with Gasteiger partial charge in [-0.15, -0.1) is 0 Å². The third kappa shape index (κ3) is 3.44. The Morgan fingerprint density at radius 2 is 2.23 bits per heavy atom. The minimum Gasteiger partial charge on any atom is -0.393 e. The Bertz CT molecular complexity index is 286. The van der Waals surface area contributed by atoms with Crippen LogP contribution in [0.5, 0.6) is 0 Å². The first-order valence-corrected chi connectivity index (χ1v) is 5.01. The van der Waals surface area contributed by atoms with E-state index >= 15 is 0 Å². The van der Waals surface area contributed by atoms with Gasteiger partial charge in [0.05, 0.1) is 6.10 Å². The minimum atomic E-state index is -0.376. The zero-order chi connectivity index (χ0) is 9.84. The molecule has 0 aliphatic carbocycles. The number of hydrogen-bond acceptors (Lipinski definition) is 1. The van der Waals surface area contributed by atoms with E-state index in [9.17, 15) is 4.39 Å². The molecule has 0 spiro atoms. The molecule has 0 saturated carbocycles. The molecule has 1 aromatic carbocycles. The summed E-state index contributed by atoms with van der Waals surface area (Å²) in [5.41, 5.74) is 0.648. The number of aliphatic hydroxyl groups is 1. The van der Waals surface area contributed by atoms with Crippen molar-refractivity contribution in [2.45, 2.75) is 25.9 Å². The second-order valence-electron chi connectivity index (χ2n) is 3.12. The fourth-order valence-corrected chi connectivity index (χ4v) is 1.51. The van der Waals surface area contributed by atoms with Crippen molar-refractivity contribution in [3.05, 3.63) is 34.1 Å². The highest BCUT2D eigenvalue weighted by Gasteiger charge is 2.04. The van der Waals surface area contributed by atoms with Crippen LogP contribution in [0.4, 0.5) is 4.39 Å². The minimum absolute atomic E-state index is 0.205. The van der Waals surface area contributed by atoms with Gasteiger partial charge in [-0.05, 0) is 43.5 Å². The predicted octanol–water partition coefficient (Wildman–Crippen LogP) is 2.90. The molecule has 3 heteroatoms. The molecule has 13 heavy (non-hydrogen) atoms. The lowest BCUT2D eigenvalue weighted by Crippen LogP contribution is -2.02. The maximum atomic E-state index is 13.1. The van der Waals surface area contributed by atoms with Crippen LogP contribution in [0.25, 0.3) is 0 Å². The summed E-state index contributed by atoms with van der Waals surface area (Å²) in [5, 5.41) is 9.04. The topological polar surface area (TPSA) is 20.2 Å². The smallest absolute Gasteiger partial charge is 0.126 e. The number of hydrogen-bond donors (Lipinski definition) is 1. The second kappa shape index (κ2) is 4.72. The summed E-state index contributed by atoms with van der Waals surface area (Å²) in [6.45, 7) is 1.70. The Kier molecular flexibility index (Phi) is 3.88. The van der Waals surface area contributed by atoms with Crippen LogP contribution in [0, 0.1) is 5.82 Å². The molecule has 1 aromatic rings. The summed E-state index contributed by atoms with van der Waals surface area (Å²) in [5.74, 6) is -0.205. The molecule has 0 fully saturated rings. The van der Waals surface area contributed by atoms with Gasteiger partial charge in [0.25, 0.3) is 0 Å². The molecule has 1 atom stereocenters. The molecular formula is C10H12BrFO. The van der Waals surface area contributed by atoms with E-state index in [0.29, 0.717) is 18.4 Å². The lowest BCUT2D eigenvalue weighted by Gasteiger charge is -2.05. The number of aliphatic hydroxyl groups excluding tert-OH is 1. The third-order valence-electron chi connectivity index (χ3n) is 1.84. The lowest BCUT2D eigenvalue weighted by atomic mass is 10.1. The van der Waals surface area contributed by atoms with Crippen molar-refractivity contribution in [1.82, 2.24) is 0 Å². The summed E-state index contributed by atoms with van der Waals surface area (Å²) < 4.78 is 14.0. The number of aryl methyl sites for hydroxylation is 1. The van der Waals surface area contributed by atoms with Crippen LogP contribution < -0.4 is 0 Å².